The number of carbonyl (C=O) groups is 1. The Kier molecular flexibility index (Phi) is 5.17. The van der Waals surface area contributed by atoms with Crippen LogP contribution in [0, 0.1) is 0 Å². The molecule has 3 aromatic carbocycles. The van der Waals surface area contributed by atoms with Gasteiger partial charge in [-0.2, -0.15) is 10.1 Å². The van der Waals surface area contributed by atoms with Crippen molar-refractivity contribution >= 4 is 34.2 Å². The maximum Gasteiger partial charge on any atom is 0.280 e. The van der Waals surface area contributed by atoms with Gasteiger partial charge < -0.3 is 4.74 Å². The summed E-state index contributed by atoms with van der Waals surface area (Å²) in [6, 6.07) is 21.7. The second-order valence-corrected chi connectivity index (χ2v) is 7.23. The first-order valence-corrected chi connectivity index (χ1v) is 9.93. The smallest absolute Gasteiger partial charge is 0.280 e. The molecule has 0 unspecified atom stereocenters. The predicted molar refractivity (Wildman–Crippen MR) is 119 cm³/mol. The molecule has 1 atom stereocenters. The molecular formula is C25H24N2O2. The number of hydrazone groups is 1. The van der Waals surface area contributed by atoms with Crippen molar-refractivity contribution in [1.82, 2.24) is 0 Å². The number of hydrogen-bond donors (Lipinski definition) is 0. The number of nitrogens with zero attached hydrogens (tertiary/aromatic N) is 2. The summed E-state index contributed by atoms with van der Waals surface area (Å²) in [6.45, 7) is 6.02. The Hall–Kier alpha value is -3.40. The van der Waals surface area contributed by atoms with Gasteiger partial charge in [-0.3, -0.25) is 4.79 Å². The summed E-state index contributed by atoms with van der Waals surface area (Å²) in [6.07, 6.45) is 2.91. The third-order valence-electron chi connectivity index (χ3n) is 5.19. The van der Waals surface area contributed by atoms with Crippen molar-refractivity contribution in [3.05, 3.63) is 77.9 Å². The molecule has 0 aromatic heterocycles. The van der Waals surface area contributed by atoms with E-state index >= 15 is 0 Å². The molecule has 1 aliphatic heterocycles. The van der Waals surface area contributed by atoms with Crippen LogP contribution >= 0.6 is 0 Å². The summed E-state index contributed by atoms with van der Waals surface area (Å²) in [7, 11) is 0. The van der Waals surface area contributed by atoms with Gasteiger partial charge in [0.15, 0.2) is 0 Å². The average molecular weight is 384 g/mol. The zero-order valence-electron chi connectivity index (χ0n) is 16.9. The maximum atomic E-state index is 13.1. The number of ether oxygens (including phenoxy) is 1. The van der Waals surface area contributed by atoms with Crippen LogP contribution in [0.5, 0.6) is 5.75 Å². The summed E-state index contributed by atoms with van der Waals surface area (Å²) in [4.78, 5) is 13.1. The lowest BCUT2D eigenvalue weighted by atomic mass is 9.99. The van der Waals surface area contributed by atoms with Crippen molar-refractivity contribution in [3.8, 4) is 5.75 Å². The van der Waals surface area contributed by atoms with Crippen LogP contribution in [0.25, 0.3) is 16.8 Å². The fraction of sp³-hybridized carbons (Fsp3) is 0.200. The summed E-state index contributed by atoms with van der Waals surface area (Å²) >= 11 is 0. The van der Waals surface area contributed by atoms with Crippen LogP contribution in [0.3, 0.4) is 0 Å². The normalized spacial score (nSPS) is 16.4. The van der Waals surface area contributed by atoms with E-state index in [9.17, 15) is 4.79 Å². The lowest BCUT2D eigenvalue weighted by Gasteiger charge is -2.17. The highest BCUT2D eigenvalue weighted by Gasteiger charge is 2.29. The molecule has 1 heterocycles. The summed E-state index contributed by atoms with van der Waals surface area (Å²) in [5.41, 5.74) is 2.95. The molecule has 0 radical (unpaired) electrons. The van der Waals surface area contributed by atoms with E-state index in [1.807, 2.05) is 61.5 Å². The van der Waals surface area contributed by atoms with E-state index in [0.717, 1.165) is 34.2 Å². The van der Waals surface area contributed by atoms with Gasteiger partial charge in [0.05, 0.1) is 23.1 Å². The van der Waals surface area contributed by atoms with Gasteiger partial charge in [-0.15, -0.1) is 0 Å². The zero-order chi connectivity index (χ0) is 20.4. The number of rotatable bonds is 5. The van der Waals surface area contributed by atoms with E-state index in [2.05, 4.69) is 37.1 Å². The highest BCUT2D eigenvalue weighted by atomic mass is 16.5. The average Bonchev–Trinajstić information content (AvgIpc) is 3.04. The van der Waals surface area contributed by atoms with Gasteiger partial charge in [-0.25, -0.2) is 0 Å². The molecule has 0 saturated heterocycles. The largest absolute Gasteiger partial charge is 0.490 e. The Morgan fingerprint density at radius 2 is 1.76 bits per heavy atom. The van der Waals surface area contributed by atoms with Crippen LogP contribution in [0.15, 0.2) is 77.4 Å². The number of amides is 1. The molecule has 0 aliphatic carbocycles. The highest BCUT2D eigenvalue weighted by molar-refractivity contribution is 6.32. The fourth-order valence-corrected chi connectivity index (χ4v) is 3.40. The molecule has 1 aliphatic rings. The summed E-state index contributed by atoms with van der Waals surface area (Å²) in [5, 5.41) is 8.12. The number of benzene rings is 3. The summed E-state index contributed by atoms with van der Waals surface area (Å²) in [5.74, 6) is 0.653. The minimum Gasteiger partial charge on any atom is -0.490 e. The first kappa shape index (κ1) is 18.9. The van der Waals surface area contributed by atoms with Gasteiger partial charge in [0.2, 0.25) is 0 Å². The Morgan fingerprint density at radius 1 is 1.03 bits per heavy atom. The van der Waals surface area contributed by atoms with E-state index in [4.69, 9.17) is 4.74 Å². The standard InChI is InChI=1S/C25H24N2O2/c1-4-17(2)29-24-15-14-19-10-8-9-13-21(19)23(24)16-22-18(3)26-27(25(22)28)20-11-6-5-7-12-20/h5-17H,4H2,1-3H3/b22-16+/t17-/m0/s1. The highest BCUT2D eigenvalue weighted by Crippen LogP contribution is 2.33. The van der Waals surface area contributed by atoms with Gasteiger partial charge in [0, 0.05) is 5.56 Å². The molecule has 4 heteroatoms. The van der Waals surface area contributed by atoms with Crippen molar-refractivity contribution in [3.63, 3.8) is 0 Å². The van der Waals surface area contributed by atoms with Crippen molar-refractivity contribution in [1.29, 1.82) is 0 Å². The first-order chi connectivity index (χ1) is 14.1. The molecule has 1 amide bonds. The lowest BCUT2D eigenvalue weighted by Crippen LogP contribution is -2.21. The molecule has 0 fully saturated rings. The molecule has 29 heavy (non-hydrogen) atoms. The maximum absolute atomic E-state index is 13.1. The number of anilines is 1. The number of hydrogen-bond acceptors (Lipinski definition) is 3. The van der Waals surface area contributed by atoms with E-state index in [-0.39, 0.29) is 12.0 Å². The van der Waals surface area contributed by atoms with Gasteiger partial charge >= 0.3 is 0 Å². The van der Waals surface area contributed by atoms with E-state index in [1.165, 1.54) is 5.01 Å². The van der Waals surface area contributed by atoms with Crippen molar-refractivity contribution in [2.75, 3.05) is 5.01 Å². The fourth-order valence-electron chi connectivity index (χ4n) is 3.40. The van der Waals surface area contributed by atoms with Gasteiger partial charge in [-0.05, 0) is 55.3 Å². The Bertz CT molecular complexity index is 1120. The molecular weight excluding hydrogens is 360 g/mol. The third kappa shape index (κ3) is 3.66. The first-order valence-electron chi connectivity index (χ1n) is 9.93. The molecule has 0 saturated carbocycles. The zero-order valence-corrected chi connectivity index (χ0v) is 16.9. The van der Waals surface area contributed by atoms with Gasteiger partial charge in [0.1, 0.15) is 5.75 Å². The molecule has 146 valence electrons. The lowest BCUT2D eigenvalue weighted by molar-refractivity contribution is -0.114. The van der Waals surface area contributed by atoms with Crippen LogP contribution in [0.2, 0.25) is 0 Å². The Morgan fingerprint density at radius 3 is 2.52 bits per heavy atom. The van der Waals surface area contributed by atoms with E-state index < -0.39 is 0 Å². The van der Waals surface area contributed by atoms with Crippen molar-refractivity contribution in [2.45, 2.75) is 33.3 Å². The molecule has 4 nitrogen and oxygen atoms in total. The second-order valence-electron chi connectivity index (χ2n) is 7.23. The number of carbonyl (C=O) groups excluding carboxylic acids is 1. The predicted octanol–water partition coefficient (Wildman–Crippen LogP) is 5.82. The molecule has 4 rings (SSSR count). The minimum absolute atomic E-state index is 0.0863. The minimum atomic E-state index is -0.129. The topological polar surface area (TPSA) is 41.9 Å². The second kappa shape index (κ2) is 7.92. The van der Waals surface area contributed by atoms with E-state index in [0.29, 0.717) is 11.3 Å². The summed E-state index contributed by atoms with van der Waals surface area (Å²) < 4.78 is 6.19. The molecule has 0 N–H and O–H groups in total. The van der Waals surface area contributed by atoms with Gasteiger partial charge in [-0.1, -0.05) is 55.5 Å². The van der Waals surface area contributed by atoms with Crippen molar-refractivity contribution in [2.24, 2.45) is 5.10 Å². The number of fused-ring (bicyclic) bond motifs is 1. The van der Waals surface area contributed by atoms with Crippen LogP contribution < -0.4 is 9.75 Å². The molecule has 0 spiro atoms. The Labute approximate surface area is 171 Å². The monoisotopic (exact) mass is 384 g/mol. The van der Waals surface area contributed by atoms with Crippen molar-refractivity contribution < 1.29 is 9.53 Å². The SMILES string of the molecule is CC[C@H](C)Oc1ccc2ccccc2c1/C=C1/C(=O)N(c2ccccc2)N=C1C. The molecule has 0 bridgehead atoms. The van der Waals surface area contributed by atoms with Gasteiger partial charge in [0.25, 0.3) is 5.91 Å². The van der Waals surface area contributed by atoms with E-state index in [1.54, 1.807) is 0 Å². The third-order valence-corrected chi connectivity index (χ3v) is 5.19. The quantitative estimate of drug-likeness (QED) is 0.520. The van der Waals surface area contributed by atoms with Crippen LogP contribution in [-0.4, -0.2) is 17.7 Å². The Balaban J connectivity index is 1.82. The molecule has 3 aromatic rings. The number of para-hydroxylation sites is 1. The van der Waals surface area contributed by atoms with Crippen LogP contribution in [0.4, 0.5) is 5.69 Å². The van der Waals surface area contributed by atoms with Crippen LogP contribution in [0.1, 0.15) is 32.8 Å². The van der Waals surface area contributed by atoms with Crippen LogP contribution in [-0.2, 0) is 4.79 Å².